The first kappa shape index (κ1) is 21.2. The fourth-order valence-electron chi connectivity index (χ4n) is 5.95. The lowest BCUT2D eigenvalue weighted by molar-refractivity contribution is 0.153. The van der Waals surface area contributed by atoms with Crippen LogP contribution in [0.15, 0.2) is 49.3 Å². The number of methoxy groups -OCH3 is 1. The normalized spacial score (nSPS) is 22.1. The van der Waals surface area contributed by atoms with Crippen LogP contribution in [0.2, 0.25) is 0 Å². The van der Waals surface area contributed by atoms with Gasteiger partial charge in [-0.05, 0) is 31.4 Å². The van der Waals surface area contributed by atoms with Gasteiger partial charge < -0.3 is 14.5 Å². The van der Waals surface area contributed by atoms with Crippen molar-refractivity contribution >= 4 is 11.6 Å². The van der Waals surface area contributed by atoms with Gasteiger partial charge in [0.05, 0.1) is 19.0 Å². The predicted octanol–water partition coefficient (Wildman–Crippen LogP) is 2.52. The summed E-state index contributed by atoms with van der Waals surface area (Å²) in [6.45, 7) is 6.20. The van der Waals surface area contributed by atoms with Crippen LogP contribution in [0.1, 0.15) is 19.3 Å². The first-order valence-corrected chi connectivity index (χ1v) is 12.1. The Morgan fingerprint density at radius 2 is 1.68 bits per heavy atom. The molecule has 34 heavy (non-hydrogen) atoms. The quantitative estimate of drug-likeness (QED) is 0.573. The summed E-state index contributed by atoms with van der Waals surface area (Å²) in [6, 6.07) is 4.73. The Morgan fingerprint density at radius 1 is 0.882 bits per heavy atom. The number of anilines is 2. The Balaban J connectivity index is 1.07. The number of hydrogen-bond acceptors (Lipinski definition) is 9. The Hall–Kier alpha value is -3.33. The van der Waals surface area contributed by atoms with Crippen LogP contribution < -0.4 is 14.5 Å². The lowest BCUT2D eigenvalue weighted by atomic mass is 9.78. The molecule has 2 aliphatic heterocycles. The highest BCUT2D eigenvalue weighted by molar-refractivity contribution is 5.72. The van der Waals surface area contributed by atoms with Gasteiger partial charge in [0.15, 0.2) is 5.82 Å². The highest BCUT2D eigenvalue weighted by Gasteiger charge is 2.50. The summed E-state index contributed by atoms with van der Waals surface area (Å²) in [5.74, 6) is 2.51. The van der Waals surface area contributed by atoms with Crippen LogP contribution in [-0.4, -0.2) is 82.2 Å². The second-order valence-corrected chi connectivity index (χ2v) is 9.63. The maximum Gasteiger partial charge on any atom is 0.257 e. The molecule has 2 saturated heterocycles. The molecule has 3 aromatic rings. The Kier molecular flexibility index (Phi) is 5.49. The van der Waals surface area contributed by atoms with Crippen LogP contribution in [0.5, 0.6) is 5.88 Å². The number of aromatic nitrogens is 5. The molecule has 0 radical (unpaired) electrons. The van der Waals surface area contributed by atoms with Gasteiger partial charge in [0.25, 0.3) is 5.88 Å². The summed E-state index contributed by atoms with van der Waals surface area (Å²) >= 11 is 0. The van der Waals surface area contributed by atoms with Crippen LogP contribution in [-0.2, 0) is 0 Å². The number of piperazine rings is 1. The third-order valence-electron chi connectivity index (χ3n) is 7.62. The summed E-state index contributed by atoms with van der Waals surface area (Å²) in [5.41, 5.74) is 2.34. The standard InChI is InChI=1S/C25H30N8O/c1-34-24-23(29-9-10-30-24)33-17-25(18-33)5-4-19(15-25)31-11-13-32(14-12-31)22-20(3-2-6-28-22)21-16-26-7-8-27-21/h2-3,6-10,16,19H,4-5,11-15,17-18H2,1H3. The van der Waals surface area contributed by atoms with Crippen LogP contribution in [0.4, 0.5) is 11.6 Å². The fourth-order valence-corrected chi connectivity index (χ4v) is 5.95. The smallest absolute Gasteiger partial charge is 0.257 e. The van der Waals surface area contributed by atoms with Crippen molar-refractivity contribution in [3.63, 3.8) is 0 Å². The molecule has 5 heterocycles. The zero-order valence-electron chi connectivity index (χ0n) is 19.5. The fraction of sp³-hybridized carbons (Fsp3) is 0.480. The van der Waals surface area contributed by atoms with E-state index in [1.807, 2.05) is 18.5 Å². The molecule has 0 aromatic carbocycles. The van der Waals surface area contributed by atoms with Gasteiger partial charge in [0.2, 0.25) is 0 Å². The van der Waals surface area contributed by atoms with E-state index < -0.39 is 0 Å². The molecule has 1 aliphatic carbocycles. The third-order valence-corrected chi connectivity index (χ3v) is 7.62. The molecule has 9 heteroatoms. The number of rotatable bonds is 5. The Labute approximate surface area is 199 Å². The molecule has 176 valence electrons. The SMILES string of the molecule is COc1nccnc1N1CC2(CCC(N3CCN(c4ncccc4-c4cnccn4)CC3)C2)C1. The molecule has 3 aliphatic rings. The number of ether oxygens (including phenoxy) is 1. The molecule has 1 atom stereocenters. The molecule has 1 saturated carbocycles. The summed E-state index contributed by atoms with van der Waals surface area (Å²) in [5, 5.41) is 0. The van der Waals surface area contributed by atoms with Crippen molar-refractivity contribution in [2.24, 2.45) is 5.41 Å². The number of pyridine rings is 1. The van der Waals surface area contributed by atoms with Gasteiger partial charge in [-0.25, -0.2) is 15.0 Å². The minimum atomic E-state index is 0.407. The highest BCUT2D eigenvalue weighted by Crippen LogP contribution is 2.49. The van der Waals surface area contributed by atoms with Gasteiger partial charge in [-0.1, -0.05) is 0 Å². The largest absolute Gasteiger partial charge is 0.478 e. The van der Waals surface area contributed by atoms with Gasteiger partial charge in [0, 0.05) is 87.3 Å². The van der Waals surface area contributed by atoms with Crippen molar-refractivity contribution in [3.8, 4) is 17.1 Å². The van der Waals surface area contributed by atoms with Crippen molar-refractivity contribution in [2.45, 2.75) is 25.3 Å². The van der Waals surface area contributed by atoms with Crippen molar-refractivity contribution in [2.75, 3.05) is 56.2 Å². The zero-order valence-corrected chi connectivity index (χ0v) is 19.5. The Morgan fingerprint density at radius 3 is 2.47 bits per heavy atom. The van der Waals surface area contributed by atoms with E-state index in [0.29, 0.717) is 17.3 Å². The monoisotopic (exact) mass is 458 g/mol. The number of hydrogen-bond donors (Lipinski definition) is 0. The van der Waals surface area contributed by atoms with E-state index in [4.69, 9.17) is 9.72 Å². The molecule has 9 nitrogen and oxygen atoms in total. The van der Waals surface area contributed by atoms with E-state index in [0.717, 1.165) is 62.2 Å². The summed E-state index contributed by atoms with van der Waals surface area (Å²) in [4.78, 5) is 29.7. The lowest BCUT2D eigenvalue weighted by Crippen LogP contribution is -2.57. The minimum Gasteiger partial charge on any atom is -0.478 e. The molecule has 1 spiro atoms. The van der Waals surface area contributed by atoms with Crippen LogP contribution in [0.3, 0.4) is 0 Å². The summed E-state index contributed by atoms with van der Waals surface area (Å²) in [6.07, 6.45) is 14.4. The summed E-state index contributed by atoms with van der Waals surface area (Å²) < 4.78 is 5.41. The first-order valence-electron chi connectivity index (χ1n) is 12.1. The van der Waals surface area contributed by atoms with Gasteiger partial charge in [-0.3, -0.25) is 14.9 Å². The third kappa shape index (κ3) is 3.83. The van der Waals surface area contributed by atoms with Gasteiger partial charge in [-0.2, -0.15) is 0 Å². The molecule has 1 unspecified atom stereocenters. The lowest BCUT2D eigenvalue weighted by Gasteiger charge is -2.49. The van der Waals surface area contributed by atoms with Crippen LogP contribution in [0.25, 0.3) is 11.3 Å². The van der Waals surface area contributed by atoms with Crippen molar-refractivity contribution in [1.29, 1.82) is 0 Å². The molecular formula is C25H30N8O. The second-order valence-electron chi connectivity index (χ2n) is 9.63. The topological polar surface area (TPSA) is 83.4 Å². The maximum atomic E-state index is 5.41. The first-order chi connectivity index (χ1) is 16.7. The summed E-state index contributed by atoms with van der Waals surface area (Å²) in [7, 11) is 1.66. The van der Waals surface area contributed by atoms with Crippen molar-refractivity contribution < 1.29 is 4.74 Å². The van der Waals surface area contributed by atoms with Crippen LogP contribution in [0, 0.1) is 5.41 Å². The van der Waals surface area contributed by atoms with E-state index >= 15 is 0 Å². The molecule has 3 aromatic heterocycles. The van der Waals surface area contributed by atoms with Gasteiger partial charge >= 0.3 is 0 Å². The van der Waals surface area contributed by atoms with E-state index in [9.17, 15) is 0 Å². The molecule has 6 rings (SSSR count). The molecular weight excluding hydrogens is 428 g/mol. The van der Waals surface area contributed by atoms with E-state index in [1.54, 1.807) is 31.9 Å². The molecule has 3 fully saturated rings. The van der Waals surface area contributed by atoms with E-state index in [1.165, 1.54) is 19.3 Å². The average molecular weight is 459 g/mol. The van der Waals surface area contributed by atoms with E-state index in [-0.39, 0.29) is 0 Å². The van der Waals surface area contributed by atoms with Crippen LogP contribution >= 0.6 is 0 Å². The van der Waals surface area contributed by atoms with Crippen molar-refractivity contribution in [1.82, 2.24) is 29.8 Å². The highest BCUT2D eigenvalue weighted by atomic mass is 16.5. The van der Waals surface area contributed by atoms with Gasteiger partial charge in [-0.15, -0.1) is 0 Å². The minimum absolute atomic E-state index is 0.407. The van der Waals surface area contributed by atoms with Gasteiger partial charge in [0.1, 0.15) is 5.82 Å². The van der Waals surface area contributed by atoms with E-state index in [2.05, 4.69) is 40.7 Å². The maximum absolute atomic E-state index is 5.41. The molecule has 0 amide bonds. The van der Waals surface area contributed by atoms with Crippen molar-refractivity contribution in [3.05, 3.63) is 49.3 Å². The average Bonchev–Trinajstić information content (AvgIpc) is 3.34. The predicted molar refractivity (Wildman–Crippen MR) is 130 cm³/mol. The molecule has 0 N–H and O–H groups in total. The second kappa shape index (κ2) is 8.79. The molecule has 0 bridgehead atoms. The number of nitrogens with zero attached hydrogens (tertiary/aromatic N) is 8. The zero-order chi connectivity index (χ0) is 23.0. The Bertz CT molecular complexity index is 1130.